The highest BCUT2D eigenvalue weighted by molar-refractivity contribution is 6.67. The van der Waals surface area contributed by atoms with E-state index in [9.17, 15) is 4.79 Å². The molecule has 0 saturated heterocycles. The molecule has 0 aliphatic rings. The van der Waals surface area contributed by atoms with E-state index in [1.807, 2.05) is 36.4 Å². The standard InChI is InChI=1S/C15H13ClO/c16-15(17)14-8-4-7-13(11-14)10-9-12-5-2-1-3-6-12/h1-8,11H,9-10H2. The van der Waals surface area contributed by atoms with Crippen LogP contribution in [0.3, 0.4) is 0 Å². The quantitative estimate of drug-likeness (QED) is 0.747. The summed E-state index contributed by atoms with van der Waals surface area (Å²) in [5.74, 6) is 0. The van der Waals surface area contributed by atoms with Crippen molar-refractivity contribution in [3.05, 3.63) is 71.3 Å². The molecular formula is C15H13ClO. The first-order chi connectivity index (χ1) is 8.25. The lowest BCUT2D eigenvalue weighted by molar-refractivity contribution is 0.108. The van der Waals surface area contributed by atoms with Crippen LogP contribution in [0.15, 0.2) is 54.6 Å². The van der Waals surface area contributed by atoms with Crippen molar-refractivity contribution in [3.8, 4) is 0 Å². The smallest absolute Gasteiger partial charge is 0.252 e. The summed E-state index contributed by atoms with van der Waals surface area (Å²) < 4.78 is 0. The maximum absolute atomic E-state index is 11.0. The summed E-state index contributed by atoms with van der Waals surface area (Å²) in [6.07, 6.45) is 1.89. The van der Waals surface area contributed by atoms with Crippen molar-refractivity contribution in [2.75, 3.05) is 0 Å². The highest BCUT2D eigenvalue weighted by Gasteiger charge is 2.02. The SMILES string of the molecule is O=C(Cl)c1cccc(CCc2ccccc2)c1. The fraction of sp³-hybridized carbons (Fsp3) is 0.133. The van der Waals surface area contributed by atoms with Crippen molar-refractivity contribution in [3.63, 3.8) is 0 Å². The Hall–Kier alpha value is -1.60. The molecule has 0 aromatic heterocycles. The third-order valence-electron chi connectivity index (χ3n) is 2.70. The van der Waals surface area contributed by atoms with E-state index < -0.39 is 5.24 Å². The lowest BCUT2D eigenvalue weighted by Gasteiger charge is -2.03. The van der Waals surface area contributed by atoms with Gasteiger partial charge in [-0.1, -0.05) is 48.5 Å². The van der Waals surface area contributed by atoms with Gasteiger partial charge in [-0.15, -0.1) is 0 Å². The van der Waals surface area contributed by atoms with Crippen molar-refractivity contribution in [2.45, 2.75) is 12.8 Å². The van der Waals surface area contributed by atoms with E-state index in [-0.39, 0.29) is 0 Å². The molecule has 0 unspecified atom stereocenters. The van der Waals surface area contributed by atoms with E-state index in [0.29, 0.717) is 5.56 Å². The second-order valence-electron chi connectivity index (χ2n) is 3.96. The number of aryl methyl sites for hydroxylation is 2. The molecule has 2 heteroatoms. The molecule has 2 rings (SSSR count). The van der Waals surface area contributed by atoms with Crippen molar-refractivity contribution in [1.82, 2.24) is 0 Å². The molecule has 0 bridgehead atoms. The summed E-state index contributed by atoms with van der Waals surface area (Å²) >= 11 is 5.45. The van der Waals surface area contributed by atoms with Crippen LogP contribution in [0.25, 0.3) is 0 Å². The predicted octanol–water partition coefficient (Wildman–Crippen LogP) is 3.85. The van der Waals surface area contributed by atoms with Gasteiger partial charge in [-0.2, -0.15) is 0 Å². The maximum Gasteiger partial charge on any atom is 0.252 e. The normalized spacial score (nSPS) is 10.2. The number of hydrogen-bond acceptors (Lipinski definition) is 1. The topological polar surface area (TPSA) is 17.1 Å². The Morgan fingerprint density at radius 3 is 2.24 bits per heavy atom. The van der Waals surface area contributed by atoms with Crippen molar-refractivity contribution in [2.24, 2.45) is 0 Å². The van der Waals surface area contributed by atoms with E-state index in [1.165, 1.54) is 5.56 Å². The summed E-state index contributed by atoms with van der Waals surface area (Å²) in [5, 5.41) is -0.397. The molecule has 0 N–H and O–H groups in total. The first-order valence-corrected chi connectivity index (χ1v) is 5.96. The van der Waals surface area contributed by atoms with Crippen LogP contribution in [0.5, 0.6) is 0 Å². The summed E-state index contributed by atoms with van der Waals surface area (Å²) in [6, 6.07) is 17.8. The number of carbonyl (C=O) groups is 1. The zero-order chi connectivity index (χ0) is 12.1. The minimum atomic E-state index is -0.397. The molecule has 2 aromatic carbocycles. The molecule has 0 amide bonds. The molecule has 86 valence electrons. The molecule has 0 saturated carbocycles. The first kappa shape index (κ1) is 11.9. The summed E-state index contributed by atoms with van der Waals surface area (Å²) in [5.41, 5.74) is 3.01. The van der Waals surface area contributed by atoms with Crippen LogP contribution in [-0.2, 0) is 12.8 Å². The van der Waals surface area contributed by atoms with Crippen LogP contribution in [0.2, 0.25) is 0 Å². The van der Waals surface area contributed by atoms with Gasteiger partial charge in [0.25, 0.3) is 5.24 Å². The zero-order valence-electron chi connectivity index (χ0n) is 9.40. The molecule has 0 atom stereocenters. The van der Waals surface area contributed by atoms with E-state index in [4.69, 9.17) is 11.6 Å². The molecule has 0 heterocycles. The van der Waals surface area contributed by atoms with Gasteiger partial charge in [0.05, 0.1) is 0 Å². The molecule has 0 spiro atoms. The molecule has 0 aliphatic carbocycles. The average Bonchev–Trinajstić information content (AvgIpc) is 2.38. The number of halogens is 1. The Morgan fingerprint density at radius 1 is 0.882 bits per heavy atom. The lowest BCUT2D eigenvalue weighted by atomic mass is 10.0. The van der Waals surface area contributed by atoms with Crippen LogP contribution in [-0.4, -0.2) is 5.24 Å². The third-order valence-corrected chi connectivity index (χ3v) is 2.92. The summed E-state index contributed by atoms with van der Waals surface area (Å²) in [4.78, 5) is 11.0. The second kappa shape index (κ2) is 5.65. The number of benzene rings is 2. The van der Waals surface area contributed by atoms with E-state index in [0.717, 1.165) is 18.4 Å². The lowest BCUT2D eigenvalue weighted by Crippen LogP contribution is -1.94. The van der Waals surface area contributed by atoms with Crippen molar-refractivity contribution in [1.29, 1.82) is 0 Å². The largest absolute Gasteiger partial charge is 0.276 e. The second-order valence-corrected chi connectivity index (χ2v) is 4.30. The van der Waals surface area contributed by atoms with Crippen LogP contribution < -0.4 is 0 Å². The Kier molecular flexibility index (Phi) is 3.94. The minimum absolute atomic E-state index is 0.397. The Balaban J connectivity index is 2.04. The Labute approximate surface area is 106 Å². The predicted molar refractivity (Wildman–Crippen MR) is 70.5 cm³/mol. The molecule has 1 nitrogen and oxygen atoms in total. The van der Waals surface area contributed by atoms with E-state index in [2.05, 4.69) is 12.1 Å². The maximum atomic E-state index is 11.0. The first-order valence-electron chi connectivity index (χ1n) is 5.58. The zero-order valence-corrected chi connectivity index (χ0v) is 10.2. The van der Waals surface area contributed by atoms with Crippen molar-refractivity contribution < 1.29 is 4.79 Å². The van der Waals surface area contributed by atoms with Crippen LogP contribution in [0.1, 0.15) is 21.5 Å². The fourth-order valence-corrected chi connectivity index (χ4v) is 1.90. The molecule has 2 aromatic rings. The van der Waals surface area contributed by atoms with Gasteiger partial charge < -0.3 is 0 Å². The highest BCUT2D eigenvalue weighted by Crippen LogP contribution is 2.11. The summed E-state index contributed by atoms with van der Waals surface area (Å²) in [7, 11) is 0. The molecule has 17 heavy (non-hydrogen) atoms. The molecule has 0 fully saturated rings. The third kappa shape index (κ3) is 3.43. The van der Waals surface area contributed by atoms with Crippen LogP contribution in [0.4, 0.5) is 0 Å². The van der Waals surface area contributed by atoms with Gasteiger partial charge in [-0.25, -0.2) is 0 Å². The van der Waals surface area contributed by atoms with E-state index >= 15 is 0 Å². The number of rotatable bonds is 4. The van der Waals surface area contributed by atoms with Gasteiger partial charge in [0.1, 0.15) is 0 Å². The average molecular weight is 245 g/mol. The fourth-order valence-electron chi connectivity index (χ4n) is 1.78. The van der Waals surface area contributed by atoms with E-state index in [1.54, 1.807) is 6.07 Å². The highest BCUT2D eigenvalue weighted by atomic mass is 35.5. The van der Waals surface area contributed by atoms with Gasteiger partial charge in [0.15, 0.2) is 0 Å². The Bertz CT molecular complexity index is 505. The van der Waals surface area contributed by atoms with Crippen molar-refractivity contribution >= 4 is 16.8 Å². The summed E-state index contributed by atoms with van der Waals surface area (Å²) in [6.45, 7) is 0. The van der Waals surface area contributed by atoms with Gasteiger partial charge in [0.2, 0.25) is 0 Å². The molecule has 0 aliphatic heterocycles. The Morgan fingerprint density at radius 2 is 1.53 bits per heavy atom. The monoisotopic (exact) mass is 244 g/mol. The van der Waals surface area contributed by atoms with Gasteiger partial charge in [-0.05, 0) is 41.6 Å². The van der Waals surface area contributed by atoms with Gasteiger partial charge >= 0.3 is 0 Å². The van der Waals surface area contributed by atoms with Crippen LogP contribution in [0, 0.1) is 0 Å². The van der Waals surface area contributed by atoms with Crippen LogP contribution >= 0.6 is 11.6 Å². The number of hydrogen-bond donors (Lipinski definition) is 0. The molecule has 0 radical (unpaired) electrons. The minimum Gasteiger partial charge on any atom is -0.276 e. The van der Waals surface area contributed by atoms with Gasteiger partial charge in [0, 0.05) is 5.56 Å². The number of carbonyl (C=O) groups excluding carboxylic acids is 1. The molecular weight excluding hydrogens is 232 g/mol. The van der Waals surface area contributed by atoms with Gasteiger partial charge in [-0.3, -0.25) is 4.79 Å².